The number of aliphatic hydroxyl groups excluding tert-OH is 1. The quantitative estimate of drug-likeness (QED) is 0.694. The average molecular weight is 296 g/mol. The van der Waals surface area contributed by atoms with Gasteiger partial charge >= 0.3 is 0 Å². The second-order valence-corrected chi connectivity index (χ2v) is 5.14. The molecular weight excluding hydrogens is 275 g/mol. The maximum Gasteiger partial charge on any atom is 0.234 e. The van der Waals surface area contributed by atoms with E-state index in [1.165, 1.54) is 24.3 Å². The molecule has 0 bridgehead atoms. The number of carbonyl (C=O) groups excluding carboxylic acids is 1. The molecule has 0 radical (unpaired) electrons. The van der Waals surface area contributed by atoms with Crippen molar-refractivity contribution in [1.29, 1.82) is 0 Å². The van der Waals surface area contributed by atoms with Gasteiger partial charge in [-0.15, -0.1) is 0 Å². The topological polar surface area (TPSA) is 70.6 Å². The molecule has 1 saturated heterocycles. The van der Waals surface area contributed by atoms with Crippen LogP contribution in [0.3, 0.4) is 0 Å². The number of hydrogen-bond donors (Lipinski definition) is 3. The number of aliphatic hydroxyl groups is 1. The van der Waals surface area contributed by atoms with Crippen molar-refractivity contribution in [2.45, 2.75) is 25.0 Å². The van der Waals surface area contributed by atoms with E-state index in [0.29, 0.717) is 12.1 Å². The third-order valence-corrected chi connectivity index (χ3v) is 3.43. The molecule has 2 rings (SSSR count). The first-order valence-corrected chi connectivity index (χ1v) is 7.17. The number of halogens is 1. The molecule has 1 amide bonds. The molecule has 1 heterocycles. The Morgan fingerprint density at radius 1 is 1.43 bits per heavy atom. The fourth-order valence-corrected chi connectivity index (χ4v) is 2.23. The highest BCUT2D eigenvalue weighted by molar-refractivity contribution is 5.78. The molecule has 2 atom stereocenters. The van der Waals surface area contributed by atoms with E-state index in [-0.39, 0.29) is 30.9 Å². The number of amides is 1. The highest BCUT2D eigenvalue weighted by Crippen LogP contribution is 2.12. The Kier molecular flexibility index (Phi) is 6.10. The van der Waals surface area contributed by atoms with Crippen LogP contribution in [0.2, 0.25) is 0 Å². The van der Waals surface area contributed by atoms with Gasteiger partial charge in [-0.3, -0.25) is 4.79 Å². The Bertz CT molecular complexity index is 447. The van der Waals surface area contributed by atoms with Crippen LogP contribution in [-0.2, 0) is 9.53 Å². The lowest BCUT2D eigenvalue weighted by Gasteiger charge is -2.13. The molecule has 0 saturated carbocycles. The fourth-order valence-electron chi connectivity index (χ4n) is 2.23. The Morgan fingerprint density at radius 3 is 2.86 bits per heavy atom. The summed E-state index contributed by atoms with van der Waals surface area (Å²) in [5.41, 5.74) is 0.573. The minimum Gasteiger partial charge on any atom is -0.387 e. The van der Waals surface area contributed by atoms with Crippen molar-refractivity contribution in [3.8, 4) is 0 Å². The van der Waals surface area contributed by atoms with Crippen LogP contribution in [0.25, 0.3) is 0 Å². The van der Waals surface area contributed by atoms with E-state index < -0.39 is 6.10 Å². The fraction of sp³-hybridized carbons (Fsp3) is 0.533. The van der Waals surface area contributed by atoms with Crippen LogP contribution in [0.4, 0.5) is 4.39 Å². The van der Waals surface area contributed by atoms with Gasteiger partial charge in [-0.1, -0.05) is 12.1 Å². The molecule has 0 spiro atoms. The van der Waals surface area contributed by atoms with Crippen molar-refractivity contribution in [2.75, 3.05) is 26.2 Å². The van der Waals surface area contributed by atoms with Gasteiger partial charge < -0.3 is 20.5 Å². The van der Waals surface area contributed by atoms with E-state index in [1.54, 1.807) is 0 Å². The molecule has 2 unspecified atom stereocenters. The molecule has 0 aliphatic carbocycles. The first-order valence-electron chi connectivity index (χ1n) is 7.17. The molecule has 1 aliphatic heterocycles. The van der Waals surface area contributed by atoms with E-state index in [1.807, 2.05) is 0 Å². The van der Waals surface area contributed by atoms with Crippen molar-refractivity contribution < 1.29 is 19.0 Å². The zero-order chi connectivity index (χ0) is 15.1. The highest BCUT2D eigenvalue weighted by atomic mass is 19.1. The van der Waals surface area contributed by atoms with Gasteiger partial charge in [0, 0.05) is 19.7 Å². The lowest BCUT2D eigenvalue weighted by Crippen LogP contribution is -2.38. The summed E-state index contributed by atoms with van der Waals surface area (Å²) < 4.78 is 18.2. The van der Waals surface area contributed by atoms with Gasteiger partial charge in [0.25, 0.3) is 0 Å². The molecule has 1 aromatic rings. The van der Waals surface area contributed by atoms with Crippen LogP contribution in [0.1, 0.15) is 24.5 Å². The summed E-state index contributed by atoms with van der Waals surface area (Å²) in [6, 6.07) is 5.57. The van der Waals surface area contributed by atoms with Crippen molar-refractivity contribution in [3.05, 3.63) is 35.6 Å². The van der Waals surface area contributed by atoms with Gasteiger partial charge in [-0.2, -0.15) is 0 Å². The molecular formula is C15H21FN2O3. The SMILES string of the molecule is O=C(CNCC1CCCO1)NCC(O)c1ccc(F)cc1. The van der Waals surface area contributed by atoms with Gasteiger partial charge in [-0.25, -0.2) is 4.39 Å². The normalized spacial score (nSPS) is 19.4. The number of ether oxygens (including phenoxy) is 1. The van der Waals surface area contributed by atoms with E-state index in [4.69, 9.17) is 4.74 Å². The zero-order valence-corrected chi connectivity index (χ0v) is 11.8. The maximum absolute atomic E-state index is 12.8. The first kappa shape index (κ1) is 15.9. The van der Waals surface area contributed by atoms with E-state index in [0.717, 1.165) is 19.4 Å². The molecule has 1 aliphatic rings. The highest BCUT2D eigenvalue weighted by Gasteiger charge is 2.15. The largest absolute Gasteiger partial charge is 0.387 e. The zero-order valence-electron chi connectivity index (χ0n) is 11.8. The third-order valence-electron chi connectivity index (χ3n) is 3.43. The van der Waals surface area contributed by atoms with Crippen LogP contribution in [0.15, 0.2) is 24.3 Å². The number of nitrogens with one attached hydrogen (secondary N) is 2. The lowest BCUT2D eigenvalue weighted by atomic mass is 10.1. The van der Waals surface area contributed by atoms with Gasteiger partial charge in [0.15, 0.2) is 0 Å². The first-order chi connectivity index (χ1) is 10.1. The van der Waals surface area contributed by atoms with Crippen molar-refractivity contribution in [2.24, 2.45) is 0 Å². The van der Waals surface area contributed by atoms with E-state index >= 15 is 0 Å². The monoisotopic (exact) mass is 296 g/mol. The average Bonchev–Trinajstić information content (AvgIpc) is 2.99. The van der Waals surface area contributed by atoms with Crippen LogP contribution < -0.4 is 10.6 Å². The second kappa shape index (κ2) is 8.07. The number of hydrogen-bond acceptors (Lipinski definition) is 4. The molecule has 21 heavy (non-hydrogen) atoms. The summed E-state index contributed by atoms with van der Waals surface area (Å²) in [5, 5.41) is 15.5. The lowest BCUT2D eigenvalue weighted by molar-refractivity contribution is -0.120. The summed E-state index contributed by atoms with van der Waals surface area (Å²) in [6.07, 6.45) is 1.45. The number of carbonyl (C=O) groups is 1. The standard InChI is InChI=1S/C15H21FN2O3/c16-12-5-3-11(4-6-12)14(19)9-18-15(20)10-17-8-13-2-1-7-21-13/h3-6,13-14,17,19H,1-2,7-10H2,(H,18,20). The molecule has 1 fully saturated rings. The van der Waals surface area contributed by atoms with E-state index in [9.17, 15) is 14.3 Å². The second-order valence-electron chi connectivity index (χ2n) is 5.14. The minimum absolute atomic E-state index is 0.103. The summed E-state index contributed by atoms with van der Waals surface area (Å²) >= 11 is 0. The van der Waals surface area contributed by atoms with Gasteiger partial charge in [0.1, 0.15) is 5.82 Å². The van der Waals surface area contributed by atoms with Crippen LogP contribution in [0, 0.1) is 5.82 Å². The minimum atomic E-state index is -0.840. The van der Waals surface area contributed by atoms with Crippen LogP contribution >= 0.6 is 0 Å². The predicted molar refractivity (Wildman–Crippen MR) is 76.2 cm³/mol. The van der Waals surface area contributed by atoms with Crippen molar-refractivity contribution in [3.63, 3.8) is 0 Å². The third kappa shape index (κ3) is 5.41. The summed E-state index contributed by atoms with van der Waals surface area (Å²) in [7, 11) is 0. The number of rotatable bonds is 7. The molecule has 5 nitrogen and oxygen atoms in total. The number of benzene rings is 1. The maximum atomic E-state index is 12.8. The van der Waals surface area contributed by atoms with Gasteiger partial charge in [0.05, 0.1) is 18.8 Å². The summed E-state index contributed by atoms with van der Waals surface area (Å²) in [6.45, 7) is 1.75. The summed E-state index contributed by atoms with van der Waals surface area (Å²) in [4.78, 5) is 11.6. The molecule has 6 heteroatoms. The van der Waals surface area contributed by atoms with E-state index in [2.05, 4.69) is 10.6 Å². The predicted octanol–water partition coefficient (Wildman–Crippen LogP) is 0.744. The summed E-state index contributed by atoms with van der Waals surface area (Å²) in [5.74, 6) is -0.539. The van der Waals surface area contributed by atoms with Crippen molar-refractivity contribution >= 4 is 5.91 Å². The van der Waals surface area contributed by atoms with Gasteiger partial charge in [-0.05, 0) is 30.5 Å². The smallest absolute Gasteiger partial charge is 0.234 e. The molecule has 116 valence electrons. The van der Waals surface area contributed by atoms with Crippen LogP contribution in [-0.4, -0.2) is 43.4 Å². The Balaban J connectivity index is 1.62. The van der Waals surface area contributed by atoms with Crippen molar-refractivity contribution in [1.82, 2.24) is 10.6 Å². The van der Waals surface area contributed by atoms with Crippen LogP contribution in [0.5, 0.6) is 0 Å². The Labute approximate surface area is 123 Å². The molecule has 0 aromatic heterocycles. The van der Waals surface area contributed by atoms with Gasteiger partial charge in [0.2, 0.25) is 5.91 Å². The Hall–Kier alpha value is -1.50. The Morgan fingerprint density at radius 2 is 2.19 bits per heavy atom. The molecule has 3 N–H and O–H groups in total. The molecule has 1 aromatic carbocycles.